The van der Waals surface area contributed by atoms with Crippen molar-refractivity contribution in [1.29, 1.82) is 0 Å². The molecule has 1 fully saturated rings. The predicted octanol–water partition coefficient (Wildman–Crippen LogP) is 2.44. The molecule has 0 aliphatic carbocycles. The Morgan fingerprint density at radius 1 is 1.35 bits per heavy atom. The number of nitrogens with zero attached hydrogens (tertiary/aromatic N) is 2. The van der Waals surface area contributed by atoms with Crippen molar-refractivity contribution < 1.29 is 9.90 Å². The smallest absolute Gasteiger partial charge is 0.303 e. The first-order chi connectivity index (χ1) is 9.54. The van der Waals surface area contributed by atoms with E-state index in [1.165, 1.54) is 11.3 Å². The Morgan fingerprint density at radius 2 is 2.05 bits per heavy atom. The van der Waals surface area contributed by atoms with Gasteiger partial charge >= 0.3 is 5.97 Å². The molecule has 1 aliphatic heterocycles. The van der Waals surface area contributed by atoms with Gasteiger partial charge in [0.05, 0.1) is 0 Å². The molecule has 1 atom stereocenters. The molecule has 20 heavy (non-hydrogen) atoms. The van der Waals surface area contributed by atoms with Crippen LogP contribution in [0.5, 0.6) is 0 Å². The molecule has 1 saturated heterocycles. The molecule has 1 aromatic rings. The molecular formula is C16H24N2O2. The van der Waals surface area contributed by atoms with E-state index in [2.05, 4.69) is 34.1 Å². The number of hydrogen-bond acceptors (Lipinski definition) is 3. The summed E-state index contributed by atoms with van der Waals surface area (Å²) in [5, 5.41) is 8.73. The summed E-state index contributed by atoms with van der Waals surface area (Å²) in [5.41, 5.74) is 2.55. The fraction of sp³-hybridized carbons (Fsp3) is 0.562. The zero-order valence-electron chi connectivity index (χ0n) is 12.4. The average Bonchev–Trinajstić information content (AvgIpc) is 2.84. The van der Waals surface area contributed by atoms with Crippen LogP contribution < -0.4 is 4.90 Å². The summed E-state index contributed by atoms with van der Waals surface area (Å²) in [5.74, 6) is -0.130. The first-order valence-corrected chi connectivity index (χ1v) is 7.25. The lowest BCUT2D eigenvalue weighted by Gasteiger charge is -2.17. The van der Waals surface area contributed by atoms with Crippen molar-refractivity contribution >= 4 is 11.7 Å². The minimum atomic E-state index is -0.678. The number of carboxylic acids is 1. The lowest BCUT2D eigenvalue weighted by molar-refractivity contribution is -0.137. The van der Waals surface area contributed by atoms with Gasteiger partial charge in [0.15, 0.2) is 0 Å². The second-order valence-corrected chi connectivity index (χ2v) is 5.88. The van der Waals surface area contributed by atoms with Gasteiger partial charge in [0.25, 0.3) is 0 Å². The third kappa shape index (κ3) is 4.23. The van der Waals surface area contributed by atoms with Gasteiger partial charge in [-0.15, -0.1) is 0 Å². The average molecular weight is 276 g/mol. The molecule has 1 aromatic carbocycles. The third-order valence-corrected chi connectivity index (χ3v) is 4.00. The summed E-state index contributed by atoms with van der Waals surface area (Å²) in [6.45, 7) is 3.08. The number of benzene rings is 1. The summed E-state index contributed by atoms with van der Waals surface area (Å²) in [4.78, 5) is 15.1. The maximum absolute atomic E-state index is 10.6. The maximum atomic E-state index is 10.6. The van der Waals surface area contributed by atoms with Gasteiger partial charge < -0.3 is 10.0 Å². The molecule has 4 heteroatoms. The van der Waals surface area contributed by atoms with Gasteiger partial charge in [-0.05, 0) is 43.0 Å². The predicted molar refractivity (Wildman–Crippen MR) is 81.0 cm³/mol. The summed E-state index contributed by atoms with van der Waals surface area (Å²) < 4.78 is 0. The van der Waals surface area contributed by atoms with E-state index in [0.29, 0.717) is 12.3 Å². The Kier molecular flexibility index (Phi) is 5.01. The molecule has 110 valence electrons. The van der Waals surface area contributed by atoms with E-state index in [9.17, 15) is 4.79 Å². The van der Waals surface area contributed by atoms with Crippen LogP contribution in [0.4, 0.5) is 5.69 Å². The molecule has 0 bridgehead atoms. The SMILES string of the molecule is CN(C)c1ccc(CN2CCC(CCC(=O)O)C2)cc1. The molecule has 0 spiro atoms. The molecule has 0 radical (unpaired) electrons. The summed E-state index contributed by atoms with van der Waals surface area (Å²) in [6, 6.07) is 8.65. The molecule has 2 rings (SSSR count). The second kappa shape index (κ2) is 6.75. The van der Waals surface area contributed by atoms with Gasteiger partial charge in [0.2, 0.25) is 0 Å². The Bertz CT molecular complexity index is 442. The molecule has 1 aliphatic rings. The van der Waals surface area contributed by atoms with E-state index < -0.39 is 5.97 Å². The highest BCUT2D eigenvalue weighted by molar-refractivity contribution is 5.66. The number of aliphatic carboxylic acids is 1. The van der Waals surface area contributed by atoms with Crippen LogP contribution in [-0.4, -0.2) is 43.2 Å². The highest BCUT2D eigenvalue weighted by Crippen LogP contribution is 2.23. The molecule has 1 heterocycles. The van der Waals surface area contributed by atoms with E-state index in [4.69, 9.17) is 5.11 Å². The van der Waals surface area contributed by atoms with Crippen LogP contribution >= 0.6 is 0 Å². The minimum absolute atomic E-state index is 0.302. The van der Waals surface area contributed by atoms with Crippen LogP contribution in [0.1, 0.15) is 24.8 Å². The van der Waals surface area contributed by atoms with Crippen molar-refractivity contribution in [2.24, 2.45) is 5.92 Å². The van der Waals surface area contributed by atoms with E-state index in [0.717, 1.165) is 32.5 Å². The van der Waals surface area contributed by atoms with Crippen molar-refractivity contribution in [3.8, 4) is 0 Å². The van der Waals surface area contributed by atoms with E-state index in [-0.39, 0.29) is 0 Å². The van der Waals surface area contributed by atoms with Crippen LogP contribution in [-0.2, 0) is 11.3 Å². The van der Waals surface area contributed by atoms with E-state index in [1.807, 2.05) is 14.1 Å². The van der Waals surface area contributed by atoms with Crippen molar-refractivity contribution in [1.82, 2.24) is 4.90 Å². The first kappa shape index (κ1) is 14.9. The Labute approximate surface area is 121 Å². The molecule has 0 aromatic heterocycles. The Morgan fingerprint density at radius 3 is 2.65 bits per heavy atom. The van der Waals surface area contributed by atoms with Gasteiger partial charge in [0, 0.05) is 39.3 Å². The van der Waals surface area contributed by atoms with Gasteiger partial charge in [-0.2, -0.15) is 0 Å². The monoisotopic (exact) mass is 276 g/mol. The Balaban J connectivity index is 1.81. The first-order valence-electron chi connectivity index (χ1n) is 7.25. The second-order valence-electron chi connectivity index (χ2n) is 5.88. The molecular weight excluding hydrogens is 252 g/mol. The van der Waals surface area contributed by atoms with Crippen LogP contribution in [0, 0.1) is 5.92 Å². The number of hydrogen-bond donors (Lipinski definition) is 1. The summed E-state index contributed by atoms with van der Waals surface area (Å²) in [6.07, 6.45) is 2.24. The fourth-order valence-corrected chi connectivity index (χ4v) is 2.78. The highest BCUT2D eigenvalue weighted by Gasteiger charge is 2.22. The van der Waals surface area contributed by atoms with Gasteiger partial charge in [-0.1, -0.05) is 12.1 Å². The molecule has 0 amide bonds. The largest absolute Gasteiger partial charge is 0.481 e. The number of likely N-dealkylation sites (tertiary alicyclic amines) is 1. The maximum Gasteiger partial charge on any atom is 0.303 e. The summed E-state index contributed by atoms with van der Waals surface area (Å²) in [7, 11) is 4.09. The van der Waals surface area contributed by atoms with Crippen LogP contribution in [0.2, 0.25) is 0 Å². The van der Waals surface area contributed by atoms with Crippen molar-refractivity contribution in [2.75, 3.05) is 32.1 Å². The molecule has 1 unspecified atom stereocenters. The quantitative estimate of drug-likeness (QED) is 0.866. The van der Waals surface area contributed by atoms with Gasteiger partial charge in [-0.25, -0.2) is 0 Å². The molecule has 0 saturated carbocycles. The van der Waals surface area contributed by atoms with Gasteiger partial charge in [0.1, 0.15) is 0 Å². The Hall–Kier alpha value is -1.55. The van der Waals surface area contributed by atoms with Crippen molar-refractivity contribution in [3.05, 3.63) is 29.8 Å². The normalized spacial score (nSPS) is 19.2. The topological polar surface area (TPSA) is 43.8 Å². The molecule has 1 N–H and O–H groups in total. The van der Waals surface area contributed by atoms with E-state index in [1.54, 1.807) is 0 Å². The fourth-order valence-electron chi connectivity index (χ4n) is 2.78. The third-order valence-electron chi connectivity index (χ3n) is 4.00. The van der Waals surface area contributed by atoms with E-state index >= 15 is 0 Å². The number of anilines is 1. The lowest BCUT2D eigenvalue weighted by atomic mass is 10.0. The lowest BCUT2D eigenvalue weighted by Crippen LogP contribution is -2.20. The summed E-state index contributed by atoms with van der Waals surface area (Å²) >= 11 is 0. The number of carbonyl (C=O) groups is 1. The highest BCUT2D eigenvalue weighted by atomic mass is 16.4. The number of carboxylic acid groups (broad SMARTS) is 1. The van der Waals surface area contributed by atoms with Crippen molar-refractivity contribution in [2.45, 2.75) is 25.8 Å². The number of rotatable bonds is 6. The van der Waals surface area contributed by atoms with Crippen LogP contribution in [0.3, 0.4) is 0 Å². The standard InChI is InChI=1S/C16H24N2O2/c1-17(2)15-6-3-13(4-7-15)11-18-10-9-14(12-18)5-8-16(19)20/h3-4,6-7,14H,5,8-12H2,1-2H3,(H,19,20). The van der Waals surface area contributed by atoms with Crippen LogP contribution in [0.15, 0.2) is 24.3 Å². The zero-order valence-corrected chi connectivity index (χ0v) is 12.4. The van der Waals surface area contributed by atoms with Crippen LogP contribution in [0.25, 0.3) is 0 Å². The van der Waals surface area contributed by atoms with Crippen molar-refractivity contribution in [3.63, 3.8) is 0 Å². The van der Waals surface area contributed by atoms with Gasteiger partial charge in [-0.3, -0.25) is 9.69 Å². The zero-order chi connectivity index (χ0) is 14.5. The molecule has 4 nitrogen and oxygen atoms in total. The minimum Gasteiger partial charge on any atom is -0.481 e.